The Bertz CT molecular complexity index is 632. The lowest BCUT2D eigenvalue weighted by atomic mass is 10.2. The van der Waals surface area contributed by atoms with E-state index in [1.54, 1.807) is 11.6 Å². The van der Waals surface area contributed by atoms with Crippen LogP contribution in [0.5, 0.6) is 0 Å². The summed E-state index contributed by atoms with van der Waals surface area (Å²) in [4.78, 5) is 8.44. The molecule has 7 nitrogen and oxygen atoms in total. The molecule has 108 valence electrons. The maximum absolute atomic E-state index is 10.1. The van der Waals surface area contributed by atoms with Crippen molar-refractivity contribution in [3.63, 3.8) is 0 Å². The van der Waals surface area contributed by atoms with Crippen molar-refractivity contribution >= 4 is 32.8 Å². The summed E-state index contributed by atoms with van der Waals surface area (Å²) in [7, 11) is 1.79. The van der Waals surface area contributed by atoms with Gasteiger partial charge in [-0.3, -0.25) is 0 Å². The quantitative estimate of drug-likeness (QED) is 0.766. The number of aliphatic hydroxyl groups is 2. The third-order valence-corrected chi connectivity index (χ3v) is 4.04. The Kier molecular flexibility index (Phi) is 3.63. The van der Waals surface area contributed by atoms with Crippen LogP contribution in [0.4, 0.5) is 5.82 Å². The number of hydrogen-bond acceptors (Lipinski definition) is 6. The van der Waals surface area contributed by atoms with E-state index in [1.807, 2.05) is 6.20 Å². The van der Waals surface area contributed by atoms with E-state index in [0.29, 0.717) is 17.9 Å². The van der Waals surface area contributed by atoms with Crippen LogP contribution in [-0.2, 0) is 4.74 Å². The summed E-state index contributed by atoms with van der Waals surface area (Å²) in [6.07, 6.45) is 2.10. The molecular weight excluding hydrogens is 328 g/mol. The molecule has 2 aromatic rings. The van der Waals surface area contributed by atoms with E-state index in [4.69, 9.17) is 9.84 Å². The van der Waals surface area contributed by atoms with Crippen LogP contribution in [0.3, 0.4) is 0 Å². The maximum Gasteiger partial charge on any atom is 0.161 e. The van der Waals surface area contributed by atoms with E-state index in [-0.39, 0.29) is 12.7 Å². The SMILES string of the molecule is CNc1ncnc2c1c(Br)cn2C1O[C@H](CO)C[C@H]1O. The van der Waals surface area contributed by atoms with Crippen molar-refractivity contribution in [3.8, 4) is 0 Å². The molecule has 2 aromatic heterocycles. The molecule has 0 radical (unpaired) electrons. The zero-order valence-electron chi connectivity index (χ0n) is 10.8. The summed E-state index contributed by atoms with van der Waals surface area (Å²) in [5.74, 6) is 0.701. The van der Waals surface area contributed by atoms with Crippen molar-refractivity contribution in [3.05, 3.63) is 17.0 Å². The Morgan fingerprint density at radius 2 is 2.35 bits per heavy atom. The van der Waals surface area contributed by atoms with Crippen LogP contribution in [0.1, 0.15) is 12.6 Å². The highest BCUT2D eigenvalue weighted by Crippen LogP contribution is 2.36. The first-order valence-corrected chi connectivity index (χ1v) is 7.08. The third-order valence-electron chi connectivity index (χ3n) is 3.44. The number of halogens is 1. The zero-order valence-corrected chi connectivity index (χ0v) is 12.4. The van der Waals surface area contributed by atoms with Gasteiger partial charge in [0, 0.05) is 24.1 Å². The van der Waals surface area contributed by atoms with Crippen molar-refractivity contribution in [1.29, 1.82) is 0 Å². The van der Waals surface area contributed by atoms with Gasteiger partial charge in [-0.1, -0.05) is 0 Å². The Morgan fingerprint density at radius 1 is 1.55 bits per heavy atom. The molecule has 3 N–H and O–H groups in total. The molecule has 1 aliphatic rings. The number of fused-ring (bicyclic) bond motifs is 1. The molecule has 0 aromatic carbocycles. The van der Waals surface area contributed by atoms with Gasteiger partial charge in [-0.2, -0.15) is 0 Å². The summed E-state index contributed by atoms with van der Waals surface area (Å²) in [6, 6.07) is 0. The second-order valence-corrected chi connectivity index (χ2v) is 5.54. The highest BCUT2D eigenvalue weighted by atomic mass is 79.9. The first kappa shape index (κ1) is 13.7. The molecule has 3 atom stereocenters. The largest absolute Gasteiger partial charge is 0.394 e. The fraction of sp³-hybridized carbons (Fsp3) is 0.500. The van der Waals surface area contributed by atoms with Gasteiger partial charge < -0.3 is 24.8 Å². The second kappa shape index (κ2) is 5.28. The van der Waals surface area contributed by atoms with Crippen molar-refractivity contribution < 1.29 is 14.9 Å². The summed E-state index contributed by atoms with van der Waals surface area (Å²) in [5.41, 5.74) is 0.666. The third kappa shape index (κ3) is 2.08. The first-order valence-electron chi connectivity index (χ1n) is 6.29. The molecule has 8 heteroatoms. The Morgan fingerprint density at radius 3 is 3.00 bits per heavy atom. The van der Waals surface area contributed by atoms with Crippen LogP contribution in [0, 0.1) is 0 Å². The molecule has 1 fully saturated rings. The Hall–Kier alpha value is -1.22. The van der Waals surface area contributed by atoms with E-state index in [2.05, 4.69) is 31.2 Å². The zero-order chi connectivity index (χ0) is 14.3. The highest BCUT2D eigenvalue weighted by Gasteiger charge is 2.36. The lowest BCUT2D eigenvalue weighted by Gasteiger charge is -2.17. The van der Waals surface area contributed by atoms with E-state index in [0.717, 1.165) is 9.86 Å². The summed E-state index contributed by atoms with van der Waals surface area (Å²) in [5, 5.41) is 23.1. The average molecular weight is 343 g/mol. The maximum atomic E-state index is 10.1. The van der Waals surface area contributed by atoms with Gasteiger partial charge in [0.05, 0.1) is 18.1 Å². The van der Waals surface area contributed by atoms with Gasteiger partial charge in [0.15, 0.2) is 6.23 Å². The van der Waals surface area contributed by atoms with Crippen LogP contribution in [-0.4, -0.2) is 50.6 Å². The fourth-order valence-corrected chi connectivity index (χ4v) is 3.11. The molecule has 0 amide bonds. The monoisotopic (exact) mass is 342 g/mol. The lowest BCUT2D eigenvalue weighted by Crippen LogP contribution is -2.19. The average Bonchev–Trinajstić information content (AvgIpc) is 2.99. The topological polar surface area (TPSA) is 92.4 Å². The molecule has 1 saturated heterocycles. The van der Waals surface area contributed by atoms with Gasteiger partial charge in [-0.15, -0.1) is 0 Å². The Labute approximate surface area is 123 Å². The van der Waals surface area contributed by atoms with Gasteiger partial charge in [0.25, 0.3) is 0 Å². The normalized spacial score (nSPS) is 26.3. The van der Waals surface area contributed by atoms with Crippen LogP contribution in [0.15, 0.2) is 17.0 Å². The van der Waals surface area contributed by atoms with Gasteiger partial charge >= 0.3 is 0 Å². The molecule has 1 aliphatic heterocycles. The van der Waals surface area contributed by atoms with Crippen LogP contribution in [0.2, 0.25) is 0 Å². The van der Waals surface area contributed by atoms with Crippen LogP contribution < -0.4 is 5.32 Å². The van der Waals surface area contributed by atoms with Gasteiger partial charge in [-0.05, 0) is 15.9 Å². The minimum atomic E-state index is -0.678. The van der Waals surface area contributed by atoms with Crippen LogP contribution >= 0.6 is 15.9 Å². The van der Waals surface area contributed by atoms with Gasteiger partial charge in [-0.25, -0.2) is 9.97 Å². The number of hydrogen-bond donors (Lipinski definition) is 3. The number of aromatic nitrogens is 3. The minimum Gasteiger partial charge on any atom is -0.394 e. The summed E-state index contributed by atoms with van der Waals surface area (Å²) >= 11 is 3.48. The number of anilines is 1. The van der Waals surface area contributed by atoms with E-state index < -0.39 is 12.3 Å². The van der Waals surface area contributed by atoms with Gasteiger partial charge in [0.2, 0.25) is 0 Å². The summed E-state index contributed by atoms with van der Waals surface area (Å²) < 4.78 is 8.25. The molecule has 3 rings (SSSR count). The first-order chi connectivity index (χ1) is 9.65. The molecule has 1 unspecified atom stereocenters. The molecule has 3 heterocycles. The number of aliphatic hydroxyl groups excluding tert-OH is 2. The fourth-order valence-electron chi connectivity index (χ4n) is 2.52. The van der Waals surface area contributed by atoms with Crippen molar-refractivity contribution in [2.75, 3.05) is 19.0 Å². The molecular formula is C12H15BrN4O3. The Balaban J connectivity index is 2.09. The molecule has 20 heavy (non-hydrogen) atoms. The smallest absolute Gasteiger partial charge is 0.161 e. The highest BCUT2D eigenvalue weighted by molar-refractivity contribution is 9.10. The van der Waals surface area contributed by atoms with Crippen molar-refractivity contribution in [2.24, 2.45) is 0 Å². The predicted molar refractivity (Wildman–Crippen MR) is 76.4 cm³/mol. The summed E-state index contributed by atoms with van der Waals surface area (Å²) in [6.45, 7) is -0.106. The van der Waals surface area contributed by atoms with Crippen LogP contribution in [0.25, 0.3) is 11.0 Å². The van der Waals surface area contributed by atoms with E-state index >= 15 is 0 Å². The molecule has 0 aliphatic carbocycles. The second-order valence-electron chi connectivity index (χ2n) is 4.69. The number of nitrogens with one attached hydrogen (secondary N) is 1. The van der Waals surface area contributed by atoms with E-state index in [9.17, 15) is 5.11 Å². The molecule has 0 bridgehead atoms. The number of rotatable bonds is 3. The van der Waals surface area contributed by atoms with Gasteiger partial charge in [0.1, 0.15) is 23.9 Å². The molecule has 0 saturated carbocycles. The number of ether oxygens (including phenoxy) is 1. The molecule has 0 spiro atoms. The van der Waals surface area contributed by atoms with Crippen molar-refractivity contribution in [2.45, 2.75) is 24.9 Å². The lowest BCUT2D eigenvalue weighted by molar-refractivity contribution is -0.0484. The van der Waals surface area contributed by atoms with Crippen molar-refractivity contribution in [1.82, 2.24) is 14.5 Å². The minimum absolute atomic E-state index is 0.106. The standard InChI is InChI=1S/C12H15BrN4O3/c1-14-10-9-7(13)3-17(11(9)16-5-15-10)12-8(19)2-6(4-18)20-12/h3,5-6,8,12,18-19H,2,4H2,1H3,(H,14,15,16)/t6-,8+,12?/m0/s1. The van der Waals surface area contributed by atoms with E-state index in [1.165, 1.54) is 6.33 Å². The number of nitrogens with zero attached hydrogens (tertiary/aromatic N) is 3. The predicted octanol–water partition coefficient (Wildman–Crippen LogP) is 0.876.